The lowest BCUT2D eigenvalue weighted by atomic mass is 10.1. The van der Waals surface area contributed by atoms with Gasteiger partial charge in [0.2, 0.25) is 0 Å². The number of nitrogens with zero attached hydrogens (tertiary/aromatic N) is 3. The second-order valence-electron chi connectivity index (χ2n) is 6.73. The third-order valence-electron chi connectivity index (χ3n) is 5.26. The predicted octanol–water partition coefficient (Wildman–Crippen LogP) is 1.39. The lowest BCUT2D eigenvalue weighted by molar-refractivity contribution is 0.0787. The molecular weight excluding hydrogens is 307 g/mol. The van der Waals surface area contributed by atoms with Crippen LogP contribution >= 0.6 is 0 Å². The van der Waals surface area contributed by atoms with Crippen LogP contribution in [0, 0.1) is 11.7 Å². The smallest absolute Gasteiger partial charge is 0.253 e. The van der Waals surface area contributed by atoms with Crippen molar-refractivity contribution in [2.24, 2.45) is 11.7 Å². The monoisotopic (exact) mass is 334 g/mol. The number of rotatable bonds is 4. The molecule has 1 atom stereocenters. The van der Waals surface area contributed by atoms with Gasteiger partial charge in [0.1, 0.15) is 5.82 Å². The van der Waals surface area contributed by atoms with Crippen LogP contribution in [-0.2, 0) is 0 Å². The van der Waals surface area contributed by atoms with E-state index in [-0.39, 0.29) is 11.7 Å². The summed E-state index contributed by atoms with van der Waals surface area (Å²) in [5.74, 6) is -0.0273. The fraction of sp³-hybridized carbons (Fsp3) is 0.611. The fourth-order valence-corrected chi connectivity index (χ4v) is 3.59. The Kier molecular flexibility index (Phi) is 5.36. The second kappa shape index (κ2) is 7.49. The van der Waals surface area contributed by atoms with Crippen LogP contribution in [0.3, 0.4) is 0 Å². The highest BCUT2D eigenvalue weighted by Crippen LogP contribution is 2.24. The van der Waals surface area contributed by atoms with Gasteiger partial charge in [0.05, 0.1) is 5.69 Å². The summed E-state index contributed by atoms with van der Waals surface area (Å²) in [6.07, 6.45) is 0.935. The summed E-state index contributed by atoms with van der Waals surface area (Å²) in [6, 6.07) is 4.89. The first-order valence-corrected chi connectivity index (χ1v) is 8.88. The van der Waals surface area contributed by atoms with Crippen LogP contribution in [0.4, 0.5) is 10.1 Å². The minimum atomic E-state index is -0.305. The van der Waals surface area contributed by atoms with Gasteiger partial charge in [-0.3, -0.25) is 4.79 Å². The van der Waals surface area contributed by atoms with E-state index in [0.717, 1.165) is 39.1 Å². The first-order valence-electron chi connectivity index (χ1n) is 8.88. The molecule has 0 aromatic heterocycles. The molecule has 1 aromatic rings. The van der Waals surface area contributed by atoms with Gasteiger partial charge < -0.3 is 20.4 Å². The highest BCUT2D eigenvalue weighted by molar-refractivity contribution is 5.94. The van der Waals surface area contributed by atoms with Crippen molar-refractivity contribution in [2.75, 3.05) is 57.3 Å². The van der Waals surface area contributed by atoms with Gasteiger partial charge in [-0.25, -0.2) is 4.39 Å². The van der Waals surface area contributed by atoms with Crippen LogP contribution in [0.2, 0.25) is 0 Å². The number of likely N-dealkylation sites (N-methyl/N-ethyl adjacent to an activating group) is 1. The summed E-state index contributed by atoms with van der Waals surface area (Å²) in [5.41, 5.74) is 6.71. The molecule has 2 aliphatic heterocycles. The van der Waals surface area contributed by atoms with E-state index in [2.05, 4.69) is 16.7 Å². The molecule has 2 aliphatic rings. The van der Waals surface area contributed by atoms with Gasteiger partial charge in [-0.1, -0.05) is 6.92 Å². The van der Waals surface area contributed by atoms with Gasteiger partial charge in [-0.15, -0.1) is 0 Å². The van der Waals surface area contributed by atoms with Crippen molar-refractivity contribution in [1.29, 1.82) is 0 Å². The topological polar surface area (TPSA) is 52.8 Å². The molecule has 0 unspecified atom stereocenters. The number of piperazine rings is 1. The van der Waals surface area contributed by atoms with E-state index in [4.69, 9.17) is 5.73 Å². The lowest BCUT2D eigenvalue weighted by Crippen LogP contribution is -2.46. The zero-order chi connectivity index (χ0) is 17.1. The molecule has 6 heteroatoms. The Balaban J connectivity index is 1.67. The van der Waals surface area contributed by atoms with Gasteiger partial charge in [-0.2, -0.15) is 0 Å². The average molecular weight is 334 g/mol. The van der Waals surface area contributed by atoms with E-state index >= 15 is 0 Å². The van der Waals surface area contributed by atoms with Crippen LogP contribution in [0.1, 0.15) is 23.7 Å². The number of likely N-dealkylation sites (tertiary alicyclic amines) is 1. The number of benzene rings is 1. The summed E-state index contributed by atoms with van der Waals surface area (Å²) < 4.78 is 14.6. The van der Waals surface area contributed by atoms with Crippen molar-refractivity contribution in [1.82, 2.24) is 9.80 Å². The van der Waals surface area contributed by atoms with Crippen LogP contribution in [0.15, 0.2) is 18.2 Å². The maximum absolute atomic E-state index is 14.6. The summed E-state index contributed by atoms with van der Waals surface area (Å²) in [4.78, 5) is 18.7. The first kappa shape index (κ1) is 17.2. The summed E-state index contributed by atoms with van der Waals surface area (Å²) >= 11 is 0. The number of halogens is 1. The van der Waals surface area contributed by atoms with E-state index in [1.807, 2.05) is 0 Å². The highest BCUT2D eigenvalue weighted by Gasteiger charge is 2.27. The Hall–Kier alpha value is -1.66. The van der Waals surface area contributed by atoms with Crippen molar-refractivity contribution < 1.29 is 9.18 Å². The highest BCUT2D eigenvalue weighted by atomic mass is 19.1. The number of carbonyl (C=O) groups is 1. The Morgan fingerprint density at radius 1 is 1.25 bits per heavy atom. The molecule has 1 amide bonds. The number of nitrogens with two attached hydrogens (primary N) is 1. The van der Waals surface area contributed by atoms with Crippen molar-refractivity contribution >= 4 is 11.6 Å². The van der Waals surface area contributed by atoms with Gasteiger partial charge in [0.15, 0.2) is 0 Å². The largest absolute Gasteiger partial charge is 0.367 e. The molecule has 0 aliphatic carbocycles. The zero-order valence-corrected chi connectivity index (χ0v) is 14.4. The Morgan fingerprint density at radius 2 is 2.00 bits per heavy atom. The van der Waals surface area contributed by atoms with Gasteiger partial charge in [-0.05, 0) is 43.6 Å². The molecule has 5 nitrogen and oxygen atoms in total. The van der Waals surface area contributed by atoms with Crippen LogP contribution in [-0.4, -0.2) is 68.1 Å². The van der Waals surface area contributed by atoms with Gasteiger partial charge in [0.25, 0.3) is 5.91 Å². The first-order chi connectivity index (χ1) is 11.6. The second-order valence-corrected chi connectivity index (χ2v) is 6.73. The van der Waals surface area contributed by atoms with E-state index in [1.54, 1.807) is 17.0 Å². The van der Waals surface area contributed by atoms with Crippen molar-refractivity contribution in [2.45, 2.75) is 13.3 Å². The van der Waals surface area contributed by atoms with Crippen LogP contribution < -0.4 is 10.6 Å². The minimum absolute atomic E-state index is 0.0906. The number of hydrogen-bond acceptors (Lipinski definition) is 4. The Morgan fingerprint density at radius 3 is 2.58 bits per heavy atom. The molecule has 0 spiro atoms. The molecule has 2 fully saturated rings. The standard InChI is InChI=1S/C18H27FN4O/c1-2-21-7-9-22(10-8-21)17-4-3-15(11-16(17)19)18(24)23-6-5-14(12-20)13-23/h3-4,11,14H,2,5-10,12-13,20H2,1H3/t14-/m0/s1. The third kappa shape index (κ3) is 3.54. The predicted molar refractivity (Wildman–Crippen MR) is 93.8 cm³/mol. The average Bonchev–Trinajstić information content (AvgIpc) is 3.10. The molecule has 2 heterocycles. The molecule has 0 radical (unpaired) electrons. The van der Waals surface area contributed by atoms with E-state index < -0.39 is 0 Å². The molecule has 0 saturated carbocycles. The number of anilines is 1. The summed E-state index contributed by atoms with van der Waals surface area (Å²) in [6.45, 7) is 8.70. The minimum Gasteiger partial charge on any atom is -0.367 e. The molecule has 0 bridgehead atoms. The van der Waals surface area contributed by atoms with E-state index in [0.29, 0.717) is 36.8 Å². The molecule has 24 heavy (non-hydrogen) atoms. The summed E-state index contributed by atoms with van der Waals surface area (Å²) in [5, 5.41) is 0. The lowest BCUT2D eigenvalue weighted by Gasteiger charge is -2.35. The Labute approximate surface area is 143 Å². The Bertz CT molecular complexity index is 586. The van der Waals surface area contributed by atoms with E-state index in [1.165, 1.54) is 6.07 Å². The van der Waals surface area contributed by atoms with Crippen molar-refractivity contribution in [3.63, 3.8) is 0 Å². The maximum Gasteiger partial charge on any atom is 0.253 e. The van der Waals surface area contributed by atoms with Crippen LogP contribution in [0.25, 0.3) is 0 Å². The molecule has 2 saturated heterocycles. The number of hydrogen-bond donors (Lipinski definition) is 1. The molecular formula is C18H27FN4O. The third-order valence-corrected chi connectivity index (χ3v) is 5.26. The molecule has 3 rings (SSSR count). The number of carbonyl (C=O) groups excluding carboxylic acids is 1. The fourth-order valence-electron chi connectivity index (χ4n) is 3.59. The molecule has 2 N–H and O–H groups in total. The van der Waals surface area contributed by atoms with Gasteiger partial charge >= 0.3 is 0 Å². The van der Waals surface area contributed by atoms with Crippen molar-refractivity contribution in [3.05, 3.63) is 29.6 Å². The SMILES string of the molecule is CCN1CCN(c2ccc(C(=O)N3CC[C@@H](CN)C3)cc2F)CC1. The maximum atomic E-state index is 14.6. The molecule has 1 aromatic carbocycles. The normalized spacial score (nSPS) is 22.2. The quantitative estimate of drug-likeness (QED) is 0.904. The van der Waals surface area contributed by atoms with Gasteiger partial charge in [0, 0.05) is 44.8 Å². The summed E-state index contributed by atoms with van der Waals surface area (Å²) in [7, 11) is 0. The van der Waals surface area contributed by atoms with E-state index in [9.17, 15) is 9.18 Å². The molecule has 132 valence electrons. The number of amides is 1. The van der Waals surface area contributed by atoms with Crippen LogP contribution in [0.5, 0.6) is 0 Å². The zero-order valence-electron chi connectivity index (χ0n) is 14.4. The van der Waals surface area contributed by atoms with Crippen molar-refractivity contribution in [3.8, 4) is 0 Å².